The van der Waals surface area contributed by atoms with E-state index in [1.54, 1.807) is 24.3 Å². The molecule has 0 fully saturated rings. The number of hydrogen-bond donors (Lipinski definition) is 0. The molecular formula is C18H12BrN3O6. The van der Waals surface area contributed by atoms with Gasteiger partial charge in [0.15, 0.2) is 0 Å². The van der Waals surface area contributed by atoms with Crippen LogP contribution in [0.25, 0.3) is 0 Å². The first-order valence-corrected chi connectivity index (χ1v) is 8.56. The highest BCUT2D eigenvalue weighted by atomic mass is 79.9. The Morgan fingerprint density at radius 2 is 1.46 bits per heavy atom. The van der Waals surface area contributed by atoms with Crippen molar-refractivity contribution in [2.75, 3.05) is 7.11 Å². The number of nitro groups is 1. The number of halogens is 1. The number of ether oxygens (including phenoxy) is 3. The molecule has 9 nitrogen and oxygen atoms in total. The molecule has 0 amide bonds. The molecule has 0 atom stereocenters. The van der Waals surface area contributed by atoms with Crippen molar-refractivity contribution >= 4 is 27.6 Å². The van der Waals surface area contributed by atoms with Gasteiger partial charge in [-0.05, 0) is 48.5 Å². The Hall–Kier alpha value is -3.53. The van der Waals surface area contributed by atoms with Crippen LogP contribution in [0.5, 0.6) is 23.3 Å². The van der Waals surface area contributed by atoms with E-state index >= 15 is 0 Å². The second-order valence-electron chi connectivity index (χ2n) is 5.26. The van der Waals surface area contributed by atoms with E-state index < -0.39 is 16.6 Å². The van der Waals surface area contributed by atoms with Gasteiger partial charge in [-0.2, -0.15) is 9.97 Å². The summed E-state index contributed by atoms with van der Waals surface area (Å²) in [7, 11) is 1.27. The highest BCUT2D eigenvalue weighted by Crippen LogP contribution is 2.37. The molecule has 0 saturated heterocycles. The Balaban J connectivity index is 1.89. The highest BCUT2D eigenvalue weighted by molar-refractivity contribution is 9.10. The maximum absolute atomic E-state index is 11.6. The minimum atomic E-state index is -0.688. The van der Waals surface area contributed by atoms with Gasteiger partial charge in [0.1, 0.15) is 17.8 Å². The summed E-state index contributed by atoms with van der Waals surface area (Å²) in [5.74, 6) is -0.464. The molecule has 0 saturated carbocycles. The molecule has 0 aliphatic heterocycles. The molecule has 0 N–H and O–H groups in total. The van der Waals surface area contributed by atoms with E-state index in [0.29, 0.717) is 11.3 Å². The quantitative estimate of drug-likeness (QED) is 0.309. The normalized spacial score (nSPS) is 10.2. The van der Waals surface area contributed by atoms with Crippen LogP contribution < -0.4 is 9.47 Å². The molecule has 10 heteroatoms. The molecule has 28 heavy (non-hydrogen) atoms. The Morgan fingerprint density at radius 1 is 0.964 bits per heavy atom. The fourth-order valence-corrected chi connectivity index (χ4v) is 2.42. The predicted molar refractivity (Wildman–Crippen MR) is 101 cm³/mol. The van der Waals surface area contributed by atoms with Crippen molar-refractivity contribution in [3.63, 3.8) is 0 Å². The summed E-state index contributed by atoms with van der Waals surface area (Å²) in [6, 6.07) is 12.6. The predicted octanol–water partition coefficient (Wildman–Crippen LogP) is 4.52. The zero-order chi connectivity index (χ0) is 20.1. The van der Waals surface area contributed by atoms with Gasteiger partial charge in [-0.15, -0.1) is 0 Å². The van der Waals surface area contributed by atoms with E-state index in [4.69, 9.17) is 9.47 Å². The van der Waals surface area contributed by atoms with E-state index in [2.05, 4.69) is 30.6 Å². The molecule has 1 aromatic heterocycles. The summed E-state index contributed by atoms with van der Waals surface area (Å²) >= 11 is 3.30. The number of carbonyl (C=O) groups is 1. The van der Waals surface area contributed by atoms with Gasteiger partial charge in [-0.3, -0.25) is 10.1 Å². The molecule has 0 unspecified atom stereocenters. The zero-order valence-corrected chi connectivity index (χ0v) is 16.0. The van der Waals surface area contributed by atoms with E-state index in [0.717, 1.165) is 10.8 Å². The van der Waals surface area contributed by atoms with Crippen LogP contribution in [0.15, 0.2) is 59.3 Å². The average molecular weight is 446 g/mol. The lowest BCUT2D eigenvalue weighted by molar-refractivity contribution is -0.387. The first-order valence-electron chi connectivity index (χ1n) is 7.77. The summed E-state index contributed by atoms with van der Waals surface area (Å²) in [5.41, 5.74) is -0.214. The van der Waals surface area contributed by atoms with Crippen LogP contribution in [-0.2, 0) is 4.74 Å². The number of nitrogens with zero attached hydrogens (tertiary/aromatic N) is 3. The average Bonchev–Trinajstić information content (AvgIpc) is 2.69. The Bertz CT molecular complexity index is 1010. The zero-order valence-electron chi connectivity index (χ0n) is 14.4. The van der Waals surface area contributed by atoms with E-state index in [1.807, 2.05) is 0 Å². The first kappa shape index (κ1) is 19.2. The molecule has 0 aliphatic rings. The highest BCUT2D eigenvalue weighted by Gasteiger charge is 2.27. The largest absolute Gasteiger partial charge is 0.465 e. The number of esters is 1. The fourth-order valence-electron chi connectivity index (χ4n) is 2.16. The molecule has 142 valence electrons. The summed E-state index contributed by atoms with van der Waals surface area (Å²) in [5, 5.41) is 11.6. The van der Waals surface area contributed by atoms with Crippen molar-refractivity contribution in [1.82, 2.24) is 9.97 Å². The van der Waals surface area contributed by atoms with Gasteiger partial charge in [0, 0.05) is 4.47 Å². The Morgan fingerprint density at radius 3 is 1.93 bits per heavy atom. The monoisotopic (exact) mass is 445 g/mol. The number of benzene rings is 2. The standard InChI is InChI=1S/C18H12BrN3O6/c1-26-18(23)11-2-6-13(7-3-11)27-16-15(22(24)25)17(21-10-20-16)28-14-8-4-12(19)5-9-14/h2-10H,1H3. The lowest BCUT2D eigenvalue weighted by Gasteiger charge is -2.09. The van der Waals surface area contributed by atoms with Crippen molar-refractivity contribution in [2.24, 2.45) is 0 Å². The van der Waals surface area contributed by atoms with E-state index in [1.165, 1.54) is 31.4 Å². The van der Waals surface area contributed by atoms with Crippen LogP contribution in [0.1, 0.15) is 10.4 Å². The van der Waals surface area contributed by atoms with Crippen LogP contribution in [-0.4, -0.2) is 28.0 Å². The summed E-state index contributed by atoms with van der Waals surface area (Å²) in [6.07, 6.45) is 1.10. The maximum atomic E-state index is 11.6. The van der Waals surface area contributed by atoms with Crippen LogP contribution in [0.4, 0.5) is 5.69 Å². The van der Waals surface area contributed by atoms with Crippen molar-refractivity contribution in [1.29, 1.82) is 0 Å². The third kappa shape index (κ3) is 4.41. The summed E-state index contributed by atoms with van der Waals surface area (Å²) in [4.78, 5) is 30.0. The molecule has 3 rings (SSSR count). The minimum Gasteiger partial charge on any atom is -0.465 e. The second kappa shape index (κ2) is 8.44. The van der Waals surface area contributed by atoms with Gasteiger partial charge >= 0.3 is 23.4 Å². The SMILES string of the molecule is COC(=O)c1ccc(Oc2ncnc(Oc3ccc(Br)cc3)c2[N+](=O)[O-])cc1. The molecule has 0 spiro atoms. The van der Waals surface area contributed by atoms with Gasteiger partial charge in [0.05, 0.1) is 17.6 Å². The fraction of sp³-hybridized carbons (Fsp3) is 0.0556. The second-order valence-corrected chi connectivity index (χ2v) is 6.18. The molecule has 0 bridgehead atoms. The number of hydrogen-bond acceptors (Lipinski definition) is 8. The summed E-state index contributed by atoms with van der Waals surface area (Å²) in [6.45, 7) is 0. The molecule has 1 heterocycles. The Kier molecular flexibility index (Phi) is 5.80. The molecule has 2 aromatic carbocycles. The van der Waals surface area contributed by atoms with Crippen LogP contribution in [0.3, 0.4) is 0 Å². The van der Waals surface area contributed by atoms with Crippen LogP contribution in [0, 0.1) is 10.1 Å². The van der Waals surface area contributed by atoms with Crippen molar-refractivity contribution in [3.8, 4) is 23.3 Å². The first-order chi connectivity index (χ1) is 13.5. The third-order valence-corrected chi connectivity index (χ3v) is 3.98. The maximum Gasteiger partial charge on any atom is 0.393 e. The van der Waals surface area contributed by atoms with Gasteiger partial charge < -0.3 is 14.2 Å². The van der Waals surface area contributed by atoms with Crippen molar-refractivity contribution in [3.05, 3.63) is 75.0 Å². The molecule has 0 aliphatic carbocycles. The third-order valence-electron chi connectivity index (χ3n) is 3.46. The van der Waals surface area contributed by atoms with Gasteiger partial charge in [-0.1, -0.05) is 15.9 Å². The van der Waals surface area contributed by atoms with Crippen LogP contribution in [0.2, 0.25) is 0 Å². The number of methoxy groups -OCH3 is 1. The van der Waals surface area contributed by atoms with Crippen LogP contribution >= 0.6 is 15.9 Å². The van der Waals surface area contributed by atoms with E-state index in [-0.39, 0.29) is 17.5 Å². The summed E-state index contributed by atoms with van der Waals surface area (Å²) < 4.78 is 16.5. The lowest BCUT2D eigenvalue weighted by Crippen LogP contribution is -2.02. The molecule has 0 radical (unpaired) electrons. The van der Waals surface area contributed by atoms with Crippen molar-refractivity contribution < 1.29 is 23.9 Å². The number of carbonyl (C=O) groups excluding carboxylic acids is 1. The van der Waals surface area contributed by atoms with E-state index in [9.17, 15) is 14.9 Å². The smallest absolute Gasteiger partial charge is 0.393 e. The molecule has 3 aromatic rings. The van der Waals surface area contributed by atoms with Gasteiger partial charge in [0.25, 0.3) is 0 Å². The van der Waals surface area contributed by atoms with Gasteiger partial charge in [0.2, 0.25) is 0 Å². The number of rotatable bonds is 6. The Labute approximate surface area is 167 Å². The molecular weight excluding hydrogens is 434 g/mol. The lowest BCUT2D eigenvalue weighted by atomic mass is 10.2. The van der Waals surface area contributed by atoms with Gasteiger partial charge in [-0.25, -0.2) is 4.79 Å². The minimum absolute atomic E-state index is 0.240. The number of aromatic nitrogens is 2. The topological polar surface area (TPSA) is 114 Å². The van der Waals surface area contributed by atoms with Crippen molar-refractivity contribution in [2.45, 2.75) is 0 Å².